The standard InChI is InChI=1S/C19H13NO3S2/c21-15-7-5-14(6-8-15)20-18(22)17(25-19(20)24)10-12-9-13-3-1-2-4-16(13)23-11-12/h1-10,21H,11H2/b17-10-. The van der Waals surface area contributed by atoms with Crippen molar-refractivity contribution in [3.63, 3.8) is 0 Å². The number of carbonyl (C=O) groups is 1. The number of carbonyl (C=O) groups excluding carboxylic acids is 1. The average molecular weight is 367 g/mol. The monoisotopic (exact) mass is 367 g/mol. The van der Waals surface area contributed by atoms with E-state index in [1.807, 2.05) is 36.4 Å². The summed E-state index contributed by atoms with van der Waals surface area (Å²) in [5.41, 5.74) is 2.56. The van der Waals surface area contributed by atoms with Crippen LogP contribution in [0.3, 0.4) is 0 Å². The second kappa shape index (κ2) is 6.38. The molecule has 0 bridgehead atoms. The maximum Gasteiger partial charge on any atom is 0.270 e. The van der Waals surface area contributed by atoms with E-state index >= 15 is 0 Å². The number of fused-ring (bicyclic) bond motifs is 1. The minimum atomic E-state index is -0.166. The lowest BCUT2D eigenvalue weighted by atomic mass is 10.1. The Morgan fingerprint density at radius 1 is 1.16 bits per heavy atom. The minimum Gasteiger partial charge on any atom is -0.508 e. The summed E-state index contributed by atoms with van der Waals surface area (Å²) in [5.74, 6) is 0.824. The van der Waals surface area contributed by atoms with Crippen LogP contribution in [0.2, 0.25) is 0 Å². The lowest BCUT2D eigenvalue weighted by Crippen LogP contribution is -2.27. The van der Waals surface area contributed by atoms with Gasteiger partial charge < -0.3 is 9.84 Å². The van der Waals surface area contributed by atoms with Crippen LogP contribution in [0.1, 0.15) is 5.56 Å². The Morgan fingerprint density at radius 2 is 1.92 bits per heavy atom. The third kappa shape index (κ3) is 3.06. The highest BCUT2D eigenvalue weighted by atomic mass is 32.2. The summed E-state index contributed by atoms with van der Waals surface area (Å²) in [6.45, 7) is 0.417. The van der Waals surface area contributed by atoms with Gasteiger partial charge in [-0.3, -0.25) is 9.69 Å². The van der Waals surface area contributed by atoms with Gasteiger partial charge in [0.15, 0.2) is 4.32 Å². The van der Waals surface area contributed by atoms with Crippen LogP contribution in [0.4, 0.5) is 5.69 Å². The number of phenolic OH excluding ortho intramolecular Hbond substituents is 1. The number of thioether (sulfide) groups is 1. The van der Waals surface area contributed by atoms with E-state index in [1.165, 1.54) is 28.8 Å². The molecule has 124 valence electrons. The summed E-state index contributed by atoms with van der Waals surface area (Å²) in [7, 11) is 0. The first kappa shape index (κ1) is 15.9. The van der Waals surface area contributed by atoms with Gasteiger partial charge in [0.05, 0.1) is 10.6 Å². The van der Waals surface area contributed by atoms with Crippen molar-refractivity contribution < 1.29 is 14.6 Å². The van der Waals surface area contributed by atoms with Crippen molar-refractivity contribution in [2.45, 2.75) is 0 Å². The molecule has 1 amide bonds. The van der Waals surface area contributed by atoms with Crippen LogP contribution in [-0.4, -0.2) is 21.9 Å². The zero-order valence-corrected chi connectivity index (χ0v) is 14.6. The summed E-state index contributed by atoms with van der Waals surface area (Å²) in [6.07, 6.45) is 3.85. The molecule has 0 unspecified atom stereocenters. The molecular weight excluding hydrogens is 354 g/mol. The molecule has 0 atom stereocenters. The molecule has 6 heteroatoms. The van der Waals surface area contributed by atoms with Gasteiger partial charge in [0.25, 0.3) is 5.91 Å². The number of hydrogen-bond acceptors (Lipinski definition) is 5. The molecule has 0 aliphatic carbocycles. The molecule has 1 N–H and O–H groups in total. The van der Waals surface area contributed by atoms with E-state index in [-0.39, 0.29) is 11.7 Å². The zero-order chi connectivity index (χ0) is 17.4. The van der Waals surface area contributed by atoms with Crippen LogP contribution in [0.5, 0.6) is 11.5 Å². The quantitative estimate of drug-likeness (QED) is 0.639. The number of phenols is 1. The van der Waals surface area contributed by atoms with Crippen molar-refractivity contribution in [1.29, 1.82) is 0 Å². The molecule has 1 saturated heterocycles. The highest BCUT2D eigenvalue weighted by Crippen LogP contribution is 2.37. The Balaban J connectivity index is 1.63. The average Bonchev–Trinajstić information content (AvgIpc) is 2.89. The fraction of sp³-hybridized carbons (Fsp3) is 0.0526. The highest BCUT2D eigenvalue weighted by Gasteiger charge is 2.33. The summed E-state index contributed by atoms with van der Waals surface area (Å²) >= 11 is 6.62. The summed E-state index contributed by atoms with van der Waals surface area (Å²) in [4.78, 5) is 14.8. The first-order valence-electron chi connectivity index (χ1n) is 7.61. The van der Waals surface area contributed by atoms with Gasteiger partial charge in [-0.15, -0.1) is 0 Å². The van der Waals surface area contributed by atoms with Crippen molar-refractivity contribution in [1.82, 2.24) is 0 Å². The van der Waals surface area contributed by atoms with E-state index in [0.29, 0.717) is 21.5 Å². The smallest absolute Gasteiger partial charge is 0.270 e. The SMILES string of the molecule is O=C1/C(=C/C2=Cc3ccccc3OC2)SC(=S)N1c1ccc(O)cc1. The van der Waals surface area contributed by atoms with Crippen molar-refractivity contribution >= 4 is 46.0 Å². The molecule has 2 aromatic rings. The molecule has 25 heavy (non-hydrogen) atoms. The van der Waals surface area contributed by atoms with Crippen LogP contribution < -0.4 is 9.64 Å². The maximum atomic E-state index is 12.7. The third-order valence-corrected chi connectivity index (χ3v) is 5.17. The number of anilines is 1. The molecule has 4 rings (SSSR count). The lowest BCUT2D eigenvalue weighted by Gasteiger charge is -2.16. The van der Waals surface area contributed by atoms with E-state index in [9.17, 15) is 9.90 Å². The Kier molecular flexibility index (Phi) is 4.07. The fourth-order valence-corrected chi connectivity index (χ4v) is 3.99. The second-order valence-corrected chi connectivity index (χ2v) is 7.26. The third-order valence-electron chi connectivity index (χ3n) is 3.87. The van der Waals surface area contributed by atoms with Gasteiger partial charge in [-0.25, -0.2) is 0 Å². The number of ether oxygens (including phenoxy) is 1. The van der Waals surface area contributed by atoms with E-state index in [1.54, 1.807) is 12.1 Å². The Labute approximate surface area is 154 Å². The van der Waals surface area contributed by atoms with Crippen LogP contribution >= 0.6 is 24.0 Å². The molecule has 2 aliphatic rings. The van der Waals surface area contributed by atoms with Gasteiger partial charge in [0.1, 0.15) is 18.1 Å². The molecule has 2 aliphatic heterocycles. The van der Waals surface area contributed by atoms with Crippen LogP contribution in [0, 0.1) is 0 Å². The van der Waals surface area contributed by atoms with E-state index in [4.69, 9.17) is 17.0 Å². The van der Waals surface area contributed by atoms with Crippen molar-refractivity contribution in [2.24, 2.45) is 0 Å². The predicted molar refractivity (Wildman–Crippen MR) is 104 cm³/mol. The lowest BCUT2D eigenvalue weighted by molar-refractivity contribution is -0.113. The molecule has 0 spiro atoms. The molecule has 1 fully saturated rings. The molecule has 0 saturated carbocycles. The van der Waals surface area contributed by atoms with Gasteiger partial charge in [-0.05, 0) is 48.1 Å². The Morgan fingerprint density at radius 3 is 2.72 bits per heavy atom. The summed E-state index contributed by atoms with van der Waals surface area (Å²) in [6, 6.07) is 14.2. The van der Waals surface area contributed by atoms with Gasteiger partial charge in [-0.1, -0.05) is 42.2 Å². The van der Waals surface area contributed by atoms with E-state index in [2.05, 4.69) is 0 Å². The van der Waals surface area contributed by atoms with E-state index < -0.39 is 0 Å². The van der Waals surface area contributed by atoms with Crippen molar-refractivity contribution in [3.05, 3.63) is 70.6 Å². The minimum absolute atomic E-state index is 0.146. The number of hydrogen-bond donors (Lipinski definition) is 1. The van der Waals surface area contributed by atoms with Gasteiger partial charge in [-0.2, -0.15) is 0 Å². The van der Waals surface area contributed by atoms with Gasteiger partial charge >= 0.3 is 0 Å². The van der Waals surface area contributed by atoms with Crippen LogP contribution in [-0.2, 0) is 4.79 Å². The zero-order valence-electron chi connectivity index (χ0n) is 13.0. The van der Waals surface area contributed by atoms with E-state index in [0.717, 1.165) is 16.9 Å². The highest BCUT2D eigenvalue weighted by molar-refractivity contribution is 8.27. The van der Waals surface area contributed by atoms with Crippen molar-refractivity contribution in [2.75, 3.05) is 11.5 Å². The number of thiocarbonyl (C=S) groups is 1. The first-order valence-corrected chi connectivity index (χ1v) is 8.84. The molecular formula is C19H13NO3S2. The predicted octanol–water partition coefficient (Wildman–Crippen LogP) is 4.12. The first-order chi connectivity index (χ1) is 12.1. The number of para-hydroxylation sites is 1. The Bertz CT molecular complexity index is 932. The Hall–Kier alpha value is -2.57. The molecule has 0 radical (unpaired) electrons. The largest absolute Gasteiger partial charge is 0.508 e. The maximum absolute atomic E-state index is 12.7. The number of benzene rings is 2. The number of rotatable bonds is 2. The van der Waals surface area contributed by atoms with Crippen molar-refractivity contribution in [3.8, 4) is 11.5 Å². The number of aromatic hydroxyl groups is 1. The van der Waals surface area contributed by atoms with Crippen LogP contribution in [0.15, 0.2) is 65.1 Å². The summed E-state index contributed by atoms with van der Waals surface area (Å²) < 4.78 is 6.20. The topological polar surface area (TPSA) is 49.8 Å². The molecule has 2 aromatic carbocycles. The molecule has 0 aromatic heterocycles. The number of amides is 1. The fourth-order valence-electron chi connectivity index (χ4n) is 2.68. The normalized spacial score (nSPS) is 18.2. The van der Waals surface area contributed by atoms with Gasteiger partial charge in [0.2, 0.25) is 0 Å². The summed E-state index contributed by atoms with van der Waals surface area (Å²) in [5, 5.41) is 9.41. The van der Waals surface area contributed by atoms with Crippen LogP contribution in [0.25, 0.3) is 6.08 Å². The van der Waals surface area contributed by atoms with Gasteiger partial charge in [0, 0.05) is 5.56 Å². The second-order valence-electron chi connectivity index (χ2n) is 5.58. The number of nitrogens with zero attached hydrogens (tertiary/aromatic N) is 1. The molecule has 2 heterocycles. The molecule has 4 nitrogen and oxygen atoms in total.